The number of alkyl halides is 3. The molecule has 0 saturated carbocycles. The van der Waals surface area contributed by atoms with Crippen LogP contribution in [-0.4, -0.2) is 23.2 Å². The van der Waals surface area contributed by atoms with Crippen LogP contribution in [0.4, 0.5) is 13.2 Å². The highest BCUT2D eigenvalue weighted by Crippen LogP contribution is 2.47. The Labute approximate surface area is 178 Å². The summed E-state index contributed by atoms with van der Waals surface area (Å²) in [6.07, 6.45) is -4.59. The van der Waals surface area contributed by atoms with Crippen LogP contribution in [0.25, 0.3) is 0 Å². The molecule has 1 aliphatic rings. The maximum Gasteiger partial charge on any atom is 0.416 e. The van der Waals surface area contributed by atoms with Gasteiger partial charge in [-0.3, -0.25) is 4.79 Å². The first-order valence-electron chi connectivity index (χ1n) is 9.73. The van der Waals surface area contributed by atoms with E-state index in [9.17, 15) is 22.8 Å². The summed E-state index contributed by atoms with van der Waals surface area (Å²) in [5.74, 6) is -2.74. The van der Waals surface area contributed by atoms with Crippen LogP contribution in [0.2, 0.25) is 0 Å². The molecule has 0 aliphatic carbocycles. The molecule has 0 amide bonds. The van der Waals surface area contributed by atoms with E-state index in [1.807, 2.05) is 0 Å². The van der Waals surface area contributed by atoms with E-state index >= 15 is 0 Å². The van der Waals surface area contributed by atoms with Crippen LogP contribution in [0.5, 0.6) is 0 Å². The third kappa shape index (κ3) is 4.04. The van der Waals surface area contributed by atoms with Gasteiger partial charge >= 0.3 is 12.1 Å². The van der Waals surface area contributed by atoms with E-state index < -0.39 is 40.9 Å². The molecule has 0 fully saturated rings. The highest BCUT2D eigenvalue weighted by atomic mass is 19.4. The molecule has 0 aromatic heterocycles. The lowest BCUT2D eigenvalue weighted by Gasteiger charge is -2.36. The Bertz CT molecular complexity index is 1060. The summed E-state index contributed by atoms with van der Waals surface area (Å²) in [5.41, 5.74) is -1.86. The second-order valence-electron chi connectivity index (χ2n) is 7.79. The predicted molar refractivity (Wildman–Crippen MR) is 111 cm³/mol. The summed E-state index contributed by atoms with van der Waals surface area (Å²) in [4.78, 5) is 30.1. The Morgan fingerprint density at radius 2 is 1.74 bits per heavy atom. The number of Topliss-reactive ketones (excluding diaryl/α,β-unsaturated/α-hetero) is 1. The third-order valence-electron chi connectivity index (χ3n) is 5.49. The van der Waals surface area contributed by atoms with Crippen molar-refractivity contribution in [3.63, 3.8) is 0 Å². The van der Waals surface area contributed by atoms with Gasteiger partial charge < -0.3 is 4.74 Å². The second-order valence-corrected chi connectivity index (χ2v) is 7.79. The summed E-state index contributed by atoms with van der Waals surface area (Å²) in [7, 11) is 0. The fraction of sp³-hybridized carbons (Fsp3) is 0.292. The molecule has 0 radical (unpaired) electrons. The summed E-state index contributed by atoms with van der Waals surface area (Å²) >= 11 is 0. The van der Waals surface area contributed by atoms with Crippen LogP contribution in [0.3, 0.4) is 0 Å². The molecule has 1 heterocycles. The molecule has 2 aromatic rings. The molecular formula is C24H22F3NO3. The first-order valence-corrected chi connectivity index (χ1v) is 9.73. The van der Waals surface area contributed by atoms with E-state index in [0.717, 1.165) is 12.1 Å². The average Bonchev–Trinajstić information content (AvgIpc) is 3.06. The minimum Gasteiger partial charge on any atom is -0.405 e. The topological polar surface area (TPSA) is 55.7 Å². The van der Waals surface area contributed by atoms with E-state index in [0.29, 0.717) is 5.56 Å². The molecule has 0 bridgehead atoms. The molecule has 0 N–H and O–H groups in total. The third-order valence-corrected chi connectivity index (χ3v) is 5.49. The zero-order valence-electron chi connectivity index (χ0n) is 17.4. The van der Waals surface area contributed by atoms with Crippen molar-refractivity contribution < 1.29 is 27.5 Å². The summed E-state index contributed by atoms with van der Waals surface area (Å²) in [6, 6.07) is 13.3. The largest absolute Gasteiger partial charge is 0.416 e. The number of rotatable bonds is 6. The maximum absolute atomic E-state index is 13.4. The van der Waals surface area contributed by atoms with Crippen molar-refractivity contribution in [2.75, 3.05) is 0 Å². The molecule has 0 unspecified atom stereocenters. The first kappa shape index (κ1) is 22.5. The van der Waals surface area contributed by atoms with Crippen molar-refractivity contribution in [1.29, 1.82) is 0 Å². The summed E-state index contributed by atoms with van der Waals surface area (Å²) in [6.45, 7) is 8.51. The normalized spacial score (nSPS) is 19.7. The van der Waals surface area contributed by atoms with Crippen LogP contribution < -0.4 is 0 Å². The van der Waals surface area contributed by atoms with Gasteiger partial charge in [0.05, 0.1) is 5.56 Å². The number of ketones is 1. The molecule has 7 heteroatoms. The molecule has 2 atom stereocenters. The fourth-order valence-corrected chi connectivity index (χ4v) is 3.81. The number of nitrogens with zero attached hydrogens (tertiary/aromatic N) is 1. The Morgan fingerprint density at radius 3 is 2.29 bits per heavy atom. The van der Waals surface area contributed by atoms with Gasteiger partial charge in [0.2, 0.25) is 5.90 Å². The number of hydrogen-bond donors (Lipinski definition) is 0. The van der Waals surface area contributed by atoms with E-state index in [1.54, 1.807) is 44.2 Å². The van der Waals surface area contributed by atoms with Crippen LogP contribution >= 0.6 is 0 Å². The number of carbonyl (C=O) groups excluding carboxylic acids is 2. The van der Waals surface area contributed by atoms with Crippen molar-refractivity contribution in [2.45, 2.75) is 38.4 Å². The minimum absolute atomic E-state index is 0.0111. The summed E-state index contributed by atoms with van der Waals surface area (Å²) in [5, 5.41) is 0. The molecular weight excluding hydrogens is 407 g/mol. The maximum atomic E-state index is 13.4. The molecule has 162 valence electrons. The molecule has 31 heavy (non-hydrogen) atoms. The lowest BCUT2D eigenvalue weighted by molar-refractivity contribution is -0.141. The monoisotopic (exact) mass is 429 g/mol. The number of hydrogen-bond acceptors (Lipinski definition) is 4. The van der Waals surface area contributed by atoms with E-state index in [2.05, 4.69) is 11.6 Å². The number of benzene rings is 2. The van der Waals surface area contributed by atoms with Gasteiger partial charge in [-0.05, 0) is 42.2 Å². The SMILES string of the molecule is C=C(C(C)=O)[C@@H](c1cccc(C(F)(F)F)c1)[C@]1(C(C)C)N=C(c2ccccc2)OC1=O. The molecule has 1 aliphatic heterocycles. The Balaban J connectivity index is 2.26. The Hall–Kier alpha value is -3.22. The second kappa shape index (κ2) is 8.13. The standard InChI is InChI=1S/C24H22F3NO3/c1-14(2)23(22(30)31-21(28-23)17-9-6-5-7-10-17)20(15(3)16(4)29)18-11-8-12-19(13-18)24(25,26)27/h5-14,20H,3H2,1-2,4H3/t20-,23-/m0/s1. The number of ether oxygens (including phenoxy) is 1. The molecule has 3 rings (SSSR count). The van der Waals surface area contributed by atoms with Gasteiger partial charge in [-0.15, -0.1) is 0 Å². The quantitative estimate of drug-likeness (QED) is 0.461. The molecule has 4 nitrogen and oxygen atoms in total. The Kier molecular flexibility index (Phi) is 5.89. The lowest BCUT2D eigenvalue weighted by Crippen LogP contribution is -2.47. The molecule has 0 saturated heterocycles. The smallest absolute Gasteiger partial charge is 0.405 e. The molecule has 2 aromatic carbocycles. The van der Waals surface area contributed by atoms with E-state index in [4.69, 9.17) is 4.74 Å². The van der Waals surface area contributed by atoms with Crippen LogP contribution in [0.15, 0.2) is 71.7 Å². The van der Waals surface area contributed by atoms with Gasteiger partial charge in [0.15, 0.2) is 11.3 Å². The van der Waals surface area contributed by atoms with Gasteiger partial charge in [0.1, 0.15) is 0 Å². The average molecular weight is 429 g/mol. The zero-order valence-corrected chi connectivity index (χ0v) is 17.4. The number of aliphatic imine (C=N–C) groups is 1. The van der Waals surface area contributed by atoms with Gasteiger partial charge in [0, 0.05) is 11.5 Å². The van der Waals surface area contributed by atoms with E-state index in [-0.39, 0.29) is 17.0 Å². The lowest BCUT2D eigenvalue weighted by atomic mass is 9.68. The number of esters is 1. The minimum atomic E-state index is -4.59. The number of carbonyl (C=O) groups is 2. The van der Waals surface area contributed by atoms with Gasteiger partial charge in [-0.25, -0.2) is 9.79 Å². The Morgan fingerprint density at radius 1 is 1.10 bits per heavy atom. The fourth-order valence-electron chi connectivity index (χ4n) is 3.81. The van der Waals surface area contributed by atoms with Crippen LogP contribution in [0.1, 0.15) is 43.4 Å². The first-order chi connectivity index (χ1) is 14.5. The highest BCUT2D eigenvalue weighted by molar-refractivity contribution is 6.09. The number of halogens is 3. The predicted octanol–water partition coefficient (Wildman–Crippen LogP) is 5.33. The zero-order chi connectivity index (χ0) is 23.0. The van der Waals surface area contributed by atoms with Gasteiger partial charge in [0.25, 0.3) is 0 Å². The van der Waals surface area contributed by atoms with Crippen molar-refractivity contribution in [3.8, 4) is 0 Å². The van der Waals surface area contributed by atoms with Gasteiger partial charge in [-0.2, -0.15) is 13.2 Å². The van der Waals surface area contributed by atoms with Crippen molar-refractivity contribution >= 4 is 17.7 Å². The van der Waals surface area contributed by atoms with Crippen LogP contribution in [-0.2, 0) is 20.5 Å². The van der Waals surface area contributed by atoms with Crippen molar-refractivity contribution in [1.82, 2.24) is 0 Å². The van der Waals surface area contributed by atoms with E-state index in [1.165, 1.54) is 19.1 Å². The number of cyclic esters (lactones) is 1. The highest BCUT2D eigenvalue weighted by Gasteiger charge is 2.56. The molecule has 0 spiro atoms. The van der Waals surface area contributed by atoms with Crippen molar-refractivity contribution in [3.05, 3.63) is 83.4 Å². The van der Waals surface area contributed by atoms with Crippen LogP contribution in [0, 0.1) is 5.92 Å². The van der Waals surface area contributed by atoms with Crippen molar-refractivity contribution in [2.24, 2.45) is 10.9 Å². The summed E-state index contributed by atoms with van der Waals surface area (Å²) < 4.78 is 45.6. The van der Waals surface area contributed by atoms with Gasteiger partial charge in [-0.1, -0.05) is 56.8 Å².